The fourth-order valence-electron chi connectivity index (χ4n) is 1.50. The highest BCUT2D eigenvalue weighted by atomic mass is 32.2. The molecule has 2 N–H and O–H groups in total. The number of rotatable bonds is 0. The first-order chi connectivity index (χ1) is 5.66. The van der Waals surface area contributed by atoms with Crippen LogP contribution < -0.4 is 5.73 Å². The Bertz CT molecular complexity index is 303. The Labute approximate surface area is 75.8 Å². The molecule has 0 aromatic carbocycles. The molecule has 0 aliphatic carbocycles. The van der Waals surface area contributed by atoms with Gasteiger partial charge in [0.15, 0.2) is 11.3 Å². The van der Waals surface area contributed by atoms with Gasteiger partial charge in [-0.1, -0.05) is 17.3 Å². The maximum absolute atomic E-state index is 5.62. The molecule has 0 saturated heterocycles. The van der Waals surface area contributed by atoms with Gasteiger partial charge in [-0.15, -0.1) is 0 Å². The molecule has 4 heteroatoms. The lowest BCUT2D eigenvalue weighted by molar-refractivity contribution is 0.722. The van der Waals surface area contributed by atoms with Crippen molar-refractivity contribution >= 4 is 22.6 Å². The van der Waals surface area contributed by atoms with Gasteiger partial charge in [0.05, 0.1) is 5.25 Å². The molecule has 0 unspecified atom stereocenters. The van der Waals surface area contributed by atoms with Crippen molar-refractivity contribution in [3.8, 4) is 0 Å². The molecule has 2 aliphatic heterocycles. The zero-order valence-electron chi connectivity index (χ0n) is 7.11. The zero-order chi connectivity index (χ0) is 8.72. The Kier molecular flexibility index (Phi) is 1.72. The van der Waals surface area contributed by atoms with E-state index in [4.69, 9.17) is 5.73 Å². The summed E-state index contributed by atoms with van der Waals surface area (Å²) in [5.41, 5.74) is 7.99. The number of hydrogen-bond donors (Lipinski definition) is 1. The number of hydrogen-bond acceptors (Lipinski definition) is 4. The smallest absolute Gasteiger partial charge is 0.158 e. The van der Waals surface area contributed by atoms with Crippen LogP contribution in [0.2, 0.25) is 0 Å². The van der Waals surface area contributed by atoms with E-state index >= 15 is 0 Å². The summed E-state index contributed by atoms with van der Waals surface area (Å²) in [5.74, 6) is 0. The summed E-state index contributed by atoms with van der Waals surface area (Å²) in [6, 6.07) is 0. The second kappa shape index (κ2) is 2.62. The Morgan fingerprint density at radius 3 is 2.92 bits per heavy atom. The predicted molar refractivity (Wildman–Crippen MR) is 53.7 cm³/mol. The molecule has 0 aromatic heterocycles. The average molecular weight is 181 g/mol. The van der Waals surface area contributed by atoms with Gasteiger partial charge in [-0.05, 0) is 19.9 Å². The van der Waals surface area contributed by atoms with Gasteiger partial charge in [0.1, 0.15) is 0 Å². The van der Waals surface area contributed by atoms with Gasteiger partial charge in [-0.3, -0.25) is 4.99 Å². The molecule has 0 radical (unpaired) electrons. The van der Waals surface area contributed by atoms with Crippen molar-refractivity contribution in [2.75, 3.05) is 0 Å². The topological polar surface area (TPSA) is 50.7 Å². The van der Waals surface area contributed by atoms with Crippen molar-refractivity contribution in [3.05, 3.63) is 11.6 Å². The lowest BCUT2D eigenvalue weighted by atomic mass is 10.1. The van der Waals surface area contributed by atoms with Crippen LogP contribution in [-0.2, 0) is 0 Å². The standard InChI is InChI=1S/C8H11N3S/c1-4-3-5(2)10-7-6(4)12-8(9)11-7/h3,6-7H,1-2H3,(H2,9,11)/t6-,7-/m0/s1. The minimum absolute atomic E-state index is 0.0417. The van der Waals surface area contributed by atoms with Crippen molar-refractivity contribution < 1.29 is 0 Å². The highest BCUT2D eigenvalue weighted by molar-refractivity contribution is 8.14. The molecule has 0 aromatic rings. The van der Waals surface area contributed by atoms with Crippen LogP contribution in [0.1, 0.15) is 13.8 Å². The van der Waals surface area contributed by atoms with Gasteiger partial charge in [0.2, 0.25) is 0 Å². The number of thioether (sulfide) groups is 1. The maximum atomic E-state index is 5.62. The zero-order valence-corrected chi connectivity index (χ0v) is 7.93. The third-order valence-corrected chi connectivity index (χ3v) is 3.22. The Balaban J connectivity index is 2.33. The second-order valence-electron chi connectivity index (χ2n) is 3.08. The van der Waals surface area contributed by atoms with Crippen LogP contribution in [-0.4, -0.2) is 22.3 Å². The first-order valence-electron chi connectivity index (χ1n) is 3.89. The van der Waals surface area contributed by atoms with Crippen LogP contribution >= 0.6 is 11.8 Å². The Hall–Kier alpha value is -0.770. The molecule has 2 aliphatic rings. The third-order valence-electron chi connectivity index (χ3n) is 2.00. The molecule has 3 nitrogen and oxygen atoms in total. The molecule has 2 atom stereocenters. The van der Waals surface area contributed by atoms with E-state index in [-0.39, 0.29) is 6.17 Å². The van der Waals surface area contributed by atoms with Crippen LogP contribution in [0.4, 0.5) is 0 Å². The largest absolute Gasteiger partial charge is 0.378 e. The van der Waals surface area contributed by atoms with Gasteiger partial charge in [-0.25, -0.2) is 4.99 Å². The van der Waals surface area contributed by atoms with E-state index < -0.39 is 0 Å². The number of fused-ring (bicyclic) bond motifs is 1. The van der Waals surface area contributed by atoms with Crippen LogP contribution in [0, 0.1) is 0 Å². The van der Waals surface area contributed by atoms with Crippen LogP contribution in [0.5, 0.6) is 0 Å². The molecule has 12 heavy (non-hydrogen) atoms. The van der Waals surface area contributed by atoms with Crippen molar-refractivity contribution in [1.82, 2.24) is 0 Å². The summed E-state index contributed by atoms with van der Waals surface area (Å²) >= 11 is 1.61. The minimum atomic E-state index is 0.0417. The first kappa shape index (κ1) is 7.86. The number of nitrogens with zero attached hydrogens (tertiary/aromatic N) is 2. The second-order valence-corrected chi connectivity index (χ2v) is 4.24. The van der Waals surface area contributed by atoms with Gasteiger partial charge >= 0.3 is 0 Å². The third kappa shape index (κ3) is 1.16. The SMILES string of the molecule is CC1=CC(C)=N[C@H]2N=C(N)S[C@@H]12. The minimum Gasteiger partial charge on any atom is -0.378 e. The highest BCUT2D eigenvalue weighted by Gasteiger charge is 2.31. The van der Waals surface area contributed by atoms with Gasteiger partial charge < -0.3 is 5.73 Å². The Morgan fingerprint density at radius 2 is 2.17 bits per heavy atom. The first-order valence-corrected chi connectivity index (χ1v) is 4.77. The highest BCUT2D eigenvalue weighted by Crippen LogP contribution is 2.33. The van der Waals surface area contributed by atoms with Crippen molar-refractivity contribution in [2.24, 2.45) is 15.7 Å². The van der Waals surface area contributed by atoms with Crippen LogP contribution in [0.15, 0.2) is 21.6 Å². The van der Waals surface area contributed by atoms with E-state index in [1.807, 2.05) is 6.92 Å². The summed E-state index contributed by atoms with van der Waals surface area (Å²) in [5, 5.41) is 1.02. The number of dihydropyridines is 1. The summed E-state index contributed by atoms with van der Waals surface area (Å²) in [7, 11) is 0. The molecule has 2 rings (SSSR count). The van der Waals surface area contributed by atoms with Gasteiger partial charge in [0, 0.05) is 5.71 Å². The van der Waals surface area contributed by atoms with Crippen molar-refractivity contribution in [2.45, 2.75) is 25.3 Å². The fourth-order valence-corrected chi connectivity index (χ4v) is 2.43. The number of amidine groups is 1. The van der Waals surface area contributed by atoms with E-state index in [0.29, 0.717) is 10.4 Å². The summed E-state index contributed by atoms with van der Waals surface area (Å²) in [6.45, 7) is 4.10. The predicted octanol–water partition coefficient (Wildman–Crippen LogP) is 1.16. The fraction of sp³-hybridized carbons (Fsp3) is 0.500. The molecule has 64 valence electrons. The van der Waals surface area contributed by atoms with Crippen molar-refractivity contribution in [3.63, 3.8) is 0 Å². The number of aliphatic imine (C=N–C) groups is 2. The maximum Gasteiger partial charge on any atom is 0.158 e. The average Bonchev–Trinajstić information content (AvgIpc) is 2.29. The molecule has 0 spiro atoms. The molecule has 0 saturated carbocycles. The molecular weight excluding hydrogens is 170 g/mol. The molecular formula is C8H11N3S. The quantitative estimate of drug-likeness (QED) is 0.609. The van der Waals surface area contributed by atoms with Gasteiger partial charge in [0.25, 0.3) is 0 Å². The summed E-state index contributed by atoms with van der Waals surface area (Å²) in [4.78, 5) is 8.64. The van der Waals surface area contributed by atoms with Crippen molar-refractivity contribution in [1.29, 1.82) is 0 Å². The summed E-state index contributed by atoms with van der Waals surface area (Å²) < 4.78 is 0. The van der Waals surface area contributed by atoms with E-state index in [0.717, 1.165) is 5.71 Å². The van der Waals surface area contributed by atoms with E-state index in [9.17, 15) is 0 Å². The van der Waals surface area contributed by atoms with Crippen LogP contribution in [0.25, 0.3) is 0 Å². The van der Waals surface area contributed by atoms with E-state index in [1.165, 1.54) is 5.57 Å². The summed E-state index contributed by atoms with van der Waals surface area (Å²) in [6.07, 6.45) is 2.14. The van der Waals surface area contributed by atoms with E-state index in [1.54, 1.807) is 11.8 Å². The van der Waals surface area contributed by atoms with E-state index in [2.05, 4.69) is 23.0 Å². The molecule has 0 bridgehead atoms. The monoisotopic (exact) mass is 181 g/mol. The number of nitrogens with two attached hydrogens (primary N) is 1. The molecule has 2 heterocycles. The van der Waals surface area contributed by atoms with Crippen LogP contribution in [0.3, 0.4) is 0 Å². The molecule has 0 fully saturated rings. The lowest BCUT2D eigenvalue weighted by Crippen LogP contribution is -2.22. The molecule has 0 amide bonds. The normalized spacial score (nSPS) is 33.7. The number of allylic oxidation sites excluding steroid dienone is 1. The van der Waals surface area contributed by atoms with Gasteiger partial charge in [-0.2, -0.15) is 0 Å². The Morgan fingerprint density at radius 1 is 1.42 bits per heavy atom. The lowest BCUT2D eigenvalue weighted by Gasteiger charge is -2.18.